The first-order chi connectivity index (χ1) is 6.50. The summed E-state index contributed by atoms with van der Waals surface area (Å²) in [4.78, 5) is 0. The number of phenolic OH excluding ortho intramolecular Hbond substituents is 1. The van der Waals surface area contributed by atoms with Gasteiger partial charge in [-0.05, 0) is 24.5 Å². The number of hydrogen-bond acceptors (Lipinski definition) is 2. The Morgan fingerprint density at radius 3 is 2.64 bits per heavy atom. The molecule has 1 aromatic carbocycles. The summed E-state index contributed by atoms with van der Waals surface area (Å²) in [5.41, 5.74) is 0.906. The molecule has 78 valence electrons. The molecule has 0 saturated carbocycles. The van der Waals surface area contributed by atoms with Gasteiger partial charge >= 0.3 is 0 Å². The largest absolute Gasteiger partial charge is 0.504 e. The summed E-state index contributed by atoms with van der Waals surface area (Å²) >= 11 is 5.83. The van der Waals surface area contributed by atoms with Gasteiger partial charge in [0, 0.05) is 11.1 Å². The number of aromatic hydroxyl groups is 1. The summed E-state index contributed by atoms with van der Waals surface area (Å²) in [7, 11) is 0. The highest BCUT2D eigenvalue weighted by Gasteiger charge is 2.06. The highest BCUT2D eigenvalue weighted by molar-refractivity contribution is 6.31. The van der Waals surface area contributed by atoms with Crippen LogP contribution in [0.1, 0.15) is 19.4 Å². The number of ether oxygens (including phenoxy) is 1. The molecule has 0 amide bonds. The van der Waals surface area contributed by atoms with Crippen molar-refractivity contribution in [2.24, 2.45) is 5.92 Å². The van der Waals surface area contributed by atoms with Gasteiger partial charge in [-0.1, -0.05) is 25.4 Å². The van der Waals surface area contributed by atoms with Gasteiger partial charge in [0.2, 0.25) is 0 Å². The minimum Gasteiger partial charge on any atom is -0.504 e. The molecular weight excluding hydrogens is 200 g/mol. The Morgan fingerprint density at radius 2 is 2.07 bits per heavy atom. The first-order valence-electron chi connectivity index (χ1n) is 4.62. The average molecular weight is 215 g/mol. The molecule has 0 saturated heterocycles. The molecule has 0 aliphatic heterocycles. The lowest BCUT2D eigenvalue weighted by molar-refractivity contribution is 0.259. The third-order valence-electron chi connectivity index (χ3n) is 1.81. The maximum Gasteiger partial charge on any atom is 0.161 e. The molecule has 1 rings (SSSR count). The summed E-state index contributed by atoms with van der Waals surface area (Å²) in [6.45, 7) is 6.58. The summed E-state index contributed by atoms with van der Waals surface area (Å²) in [5, 5.41) is 10.1. The van der Waals surface area contributed by atoms with Crippen molar-refractivity contribution >= 4 is 11.6 Å². The van der Waals surface area contributed by atoms with Gasteiger partial charge in [-0.25, -0.2) is 0 Å². The molecule has 1 aromatic rings. The Balaban J connectivity index is 2.82. The Morgan fingerprint density at radius 1 is 1.43 bits per heavy atom. The lowest BCUT2D eigenvalue weighted by atomic mass is 10.2. The van der Waals surface area contributed by atoms with Gasteiger partial charge in [0.05, 0.1) is 6.61 Å². The molecule has 2 nitrogen and oxygen atoms in total. The van der Waals surface area contributed by atoms with Gasteiger partial charge in [0.1, 0.15) is 0 Å². The van der Waals surface area contributed by atoms with Crippen LogP contribution in [0.25, 0.3) is 0 Å². The van der Waals surface area contributed by atoms with Crippen molar-refractivity contribution in [3.8, 4) is 11.5 Å². The van der Waals surface area contributed by atoms with Crippen molar-refractivity contribution in [2.75, 3.05) is 6.61 Å². The molecule has 0 spiro atoms. The summed E-state index contributed by atoms with van der Waals surface area (Å²) in [6, 6.07) is 3.26. The summed E-state index contributed by atoms with van der Waals surface area (Å²) < 4.78 is 5.43. The Labute approximate surface area is 89.5 Å². The second-order valence-electron chi connectivity index (χ2n) is 3.77. The normalized spacial score (nSPS) is 10.6. The molecule has 0 heterocycles. The third-order valence-corrected chi connectivity index (χ3v) is 2.22. The predicted molar refractivity (Wildman–Crippen MR) is 58.2 cm³/mol. The van der Waals surface area contributed by atoms with Crippen LogP contribution in [-0.2, 0) is 0 Å². The van der Waals surface area contributed by atoms with Crippen LogP contribution in [0.2, 0.25) is 5.02 Å². The zero-order valence-electron chi connectivity index (χ0n) is 8.67. The van der Waals surface area contributed by atoms with Crippen LogP contribution < -0.4 is 4.74 Å². The van der Waals surface area contributed by atoms with Gasteiger partial charge in [0.15, 0.2) is 11.5 Å². The quantitative estimate of drug-likeness (QED) is 0.836. The number of phenols is 1. The average Bonchev–Trinajstić information content (AvgIpc) is 2.09. The van der Waals surface area contributed by atoms with E-state index in [1.165, 1.54) is 6.07 Å². The number of aryl methyl sites for hydroxylation is 1. The monoisotopic (exact) mass is 214 g/mol. The van der Waals surface area contributed by atoms with Crippen molar-refractivity contribution in [3.63, 3.8) is 0 Å². The Kier molecular flexibility index (Phi) is 3.64. The summed E-state index contributed by atoms with van der Waals surface area (Å²) in [5.74, 6) is 1.03. The standard InChI is InChI=1S/C11H15ClO2/c1-7(2)6-14-11-4-8(3)9(12)5-10(11)13/h4-5,7,13H,6H2,1-3H3. The summed E-state index contributed by atoms with van der Waals surface area (Å²) in [6.07, 6.45) is 0. The molecule has 3 heteroatoms. The minimum atomic E-state index is 0.0984. The predicted octanol–water partition coefficient (Wildman–Crippen LogP) is 3.39. The van der Waals surface area contributed by atoms with Crippen LogP contribution in [0.4, 0.5) is 0 Å². The fourth-order valence-corrected chi connectivity index (χ4v) is 1.17. The number of rotatable bonds is 3. The second kappa shape index (κ2) is 4.56. The first kappa shape index (κ1) is 11.2. The van der Waals surface area contributed by atoms with Crippen LogP contribution >= 0.6 is 11.6 Å². The Hall–Kier alpha value is -0.890. The van der Waals surface area contributed by atoms with E-state index < -0.39 is 0 Å². The van der Waals surface area contributed by atoms with Crippen LogP contribution in [0.15, 0.2) is 12.1 Å². The van der Waals surface area contributed by atoms with E-state index >= 15 is 0 Å². The van der Waals surface area contributed by atoms with E-state index in [2.05, 4.69) is 13.8 Å². The molecule has 0 aromatic heterocycles. The lowest BCUT2D eigenvalue weighted by Gasteiger charge is -2.11. The van der Waals surface area contributed by atoms with E-state index in [1.54, 1.807) is 6.07 Å². The third kappa shape index (κ3) is 2.81. The molecule has 0 bridgehead atoms. The van der Waals surface area contributed by atoms with Gasteiger partial charge in [-0.3, -0.25) is 0 Å². The first-order valence-corrected chi connectivity index (χ1v) is 5.00. The van der Waals surface area contributed by atoms with E-state index in [4.69, 9.17) is 16.3 Å². The van der Waals surface area contributed by atoms with Crippen molar-refractivity contribution in [1.82, 2.24) is 0 Å². The van der Waals surface area contributed by atoms with Crippen molar-refractivity contribution in [3.05, 3.63) is 22.7 Å². The Bertz CT molecular complexity index is 321. The molecule has 14 heavy (non-hydrogen) atoms. The molecule has 0 atom stereocenters. The van der Waals surface area contributed by atoms with Crippen molar-refractivity contribution in [2.45, 2.75) is 20.8 Å². The van der Waals surface area contributed by atoms with E-state index in [1.807, 2.05) is 6.92 Å². The van der Waals surface area contributed by atoms with Crippen LogP contribution in [-0.4, -0.2) is 11.7 Å². The molecule has 0 fully saturated rings. The van der Waals surface area contributed by atoms with Crippen LogP contribution in [0, 0.1) is 12.8 Å². The van der Waals surface area contributed by atoms with Crippen LogP contribution in [0.5, 0.6) is 11.5 Å². The topological polar surface area (TPSA) is 29.5 Å². The maximum absolute atomic E-state index is 9.52. The molecular formula is C11H15ClO2. The van der Waals surface area contributed by atoms with E-state index in [0.717, 1.165) is 5.56 Å². The molecule has 0 aliphatic carbocycles. The van der Waals surface area contributed by atoms with Crippen molar-refractivity contribution in [1.29, 1.82) is 0 Å². The molecule has 0 radical (unpaired) electrons. The number of hydrogen-bond donors (Lipinski definition) is 1. The molecule has 0 unspecified atom stereocenters. The molecule has 1 N–H and O–H groups in total. The SMILES string of the molecule is Cc1cc(OCC(C)C)c(O)cc1Cl. The van der Waals surface area contributed by atoms with Crippen LogP contribution in [0.3, 0.4) is 0 Å². The van der Waals surface area contributed by atoms with Gasteiger partial charge in [-0.15, -0.1) is 0 Å². The highest BCUT2D eigenvalue weighted by atomic mass is 35.5. The van der Waals surface area contributed by atoms with Gasteiger partial charge in [-0.2, -0.15) is 0 Å². The maximum atomic E-state index is 9.52. The smallest absolute Gasteiger partial charge is 0.161 e. The zero-order valence-corrected chi connectivity index (χ0v) is 9.43. The van der Waals surface area contributed by atoms with Gasteiger partial charge in [0.25, 0.3) is 0 Å². The highest BCUT2D eigenvalue weighted by Crippen LogP contribution is 2.32. The number of benzene rings is 1. The zero-order chi connectivity index (χ0) is 10.7. The van der Waals surface area contributed by atoms with Gasteiger partial charge < -0.3 is 9.84 Å². The van der Waals surface area contributed by atoms with E-state index in [9.17, 15) is 5.11 Å². The molecule has 0 aliphatic rings. The van der Waals surface area contributed by atoms with E-state index in [-0.39, 0.29) is 5.75 Å². The fraction of sp³-hybridized carbons (Fsp3) is 0.455. The van der Waals surface area contributed by atoms with Crippen molar-refractivity contribution < 1.29 is 9.84 Å². The fourth-order valence-electron chi connectivity index (χ4n) is 1.02. The second-order valence-corrected chi connectivity index (χ2v) is 4.18. The van der Waals surface area contributed by atoms with E-state index in [0.29, 0.717) is 23.3 Å². The minimum absolute atomic E-state index is 0.0984. The lowest BCUT2D eigenvalue weighted by Crippen LogP contribution is -2.04. The number of halogens is 1.